The average molecular weight is 619 g/mol. The third kappa shape index (κ3) is 6.99. The highest BCUT2D eigenvalue weighted by atomic mass is 35.5. The van der Waals surface area contributed by atoms with E-state index >= 15 is 0 Å². The number of pyridine rings is 2. The molecule has 222 valence electrons. The lowest BCUT2D eigenvalue weighted by molar-refractivity contribution is -0.129. The number of amides is 2. The number of hydrogen-bond donors (Lipinski definition) is 2. The van der Waals surface area contributed by atoms with E-state index in [2.05, 4.69) is 20.6 Å². The number of nitrogens with zero attached hydrogens (tertiary/aromatic N) is 3. The maximum Gasteiger partial charge on any atom is 0.274 e. The Hall–Kier alpha value is -3.98. The molecule has 2 amide bonds. The Balaban J connectivity index is 1.35. The quantitative estimate of drug-likeness (QED) is 0.226. The summed E-state index contributed by atoms with van der Waals surface area (Å²) in [5.74, 6) is 0.495. The molecular formula is C33H33Cl2N5O3. The van der Waals surface area contributed by atoms with Gasteiger partial charge in [-0.2, -0.15) is 0 Å². The highest BCUT2D eigenvalue weighted by Gasteiger charge is 2.21. The molecule has 0 unspecified atom stereocenters. The van der Waals surface area contributed by atoms with Crippen molar-refractivity contribution in [2.75, 3.05) is 25.5 Å². The van der Waals surface area contributed by atoms with Gasteiger partial charge < -0.3 is 20.3 Å². The van der Waals surface area contributed by atoms with Gasteiger partial charge in [-0.15, -0.1) is 0 Å². The summed E-state index contributed by atoms with van der Waals surface area (Å²) in [5.41, 5.74) is 5.45. The summed E-state index contributed by atoms with van der Waals surface area (Å²) in [7, 11) is 1.64. The molecule has 2 aromatic heterocycles. The van der Waals surface area contributed by atoms with Gasteiger partial charge in [-0.05, 0) is 49.6 Å². The first-order chi connectivity index (χ1) is 20.7. The number of anilines is 1. The van der Waals surface area contributed by atoms with Crippen molar-refractivity contribution in [1.29, 1.82) is 0 Å². The number of carbonyl (C=O) groups excluding carboxylic acids is 2. The minimum absolute atomic E-state index is 0.129. The molecular weight excluding hydrogens is 585 g/mol. The van der Waals surface area contributed by atoms with E-state index < -0.39 is 0 Å². The first kappa shape index (κ1) is 30.5. The summed E-state index contributed by atoms with van der Waals surface area (Å²) in [6, 6.07) is 17.0. The van der Waals surface area contributed by atoms with Crippen LogP contribution in [-0.4, -0.2) is 52.9 Å². The monoisotopic (exact) mass is 617 g/mol. The van der Waals surface area contributed by atoms with Crippen LogP contribution in [0.4, 0.5) is 5.69 Å². The predicted octanol–water partition coefficient (Wildman–Crippen LogP) is 6.79. The van der Waals surface area contributed by atoms with Crippen molar-refractivity contribution >= 4 is 40.7 Å². The molecule has 0 atom stereocenters. The van der Waals surface area contributed by atoms with Crippen LogP contribution in [-0.2, 0) is 11.3 Å². The van der Waals surface area contributed by atoms with E-state index in [4.69, 9.17) is 27.9 Å². The molecule has 0 aliphatic carbocycles. The number of nitrogens with one attached hydrogen (secondary N) is 2. The highest BCUT2D eigenvalue weighted by Crippen LogP contribution is 2.41. The molecule has 0 radical (unpaired) electrons. The minimum atomic E-state index is -0.358. The Kier molecular flexibility index (Phi) is 9.60. The summed E-state index contributed by atoms with van der Waals surface area (Å²) < 4.78 is 5.74. The molecule has 2 N–H and O–H groups in total. The zero-order chi connectivity index (χ0) is 30.5. The van der Waals surface area contributed by atoms with Gasteiger partial charge in [0.1, 0.15) is 11.4 Å². The molecule has 5 rings (SSSR count). The molecule has 0 bridgehead atoms. The van der Waals surface area contributed by atoms with Gasteiger partial charge in [-0.3, -0.25) is 19.6 Å². The fourth-order valence-electron chi connectivity index (χ4n) is 5.17. The fraction of sp³-hybridized carbons (Fsp3) is 0.273. The maximum absolute atomic E-state index is 12.8. The zero-order valence-corrected chi connectivity index (χ0v) is 25.8. The van der Waals surface area contributed by atoms with Crippen LogP contribution in [0, 0.1) is 6.92 Å². The van der Waals surface area contributed by atoms with E-state index in [1.165, 1.54) is 0 Å². The number of hydrogen-bond acceptors (Lipinski definition) is 6. The van der Waals surface area contributed by atoms with Crippen LogP contribution in [0.1, 0.15) is 41.4 Å². The third-order valence-electron chi connectivity index (χ3n) is 7.65. The van der Waals surface area contributed by atoms with E-state index in [0.29, 0.717) is 50.8 Å². The first-order valence-electron chi connectivity index (χ1n) is 14.1. The Morgan fingerprint density at radius 1 is 1.00 bits per heavy atom. The van der Waals surface area contributed by atoms with Crippen LogP contribution >= 0.6 is 23.2 Å². The van der Waals surface area contributed by atoms with Gasteiger partial charge in [-0.1, -0.05) is 53.5 Å². The molecule has 10 heteroatoms. The predicted molar refractivity (Wildman–Crippen MR) is 171 cm³/mol. The van der Waals surface area contributed by atoms with E-state index in [0.717, 1.165) is 48.4 Å². The molecule has 1 fully saturated rings. The molecule has 2 aromatic carbocycles. The van der Waals surface area contributed by atoms with Gasteiger partial charge in [-0.25, -0.2) is 0 Å². The third-order valence-corrected chi connectivity index (χ3v) is 8.44. The Bertz CT molecular complexity index is 1640. The van der Waals surface area contributed by atoms with Gasteiger partial charge in [0, 0.05) is 67.2 Å². The Labute approximate surface area is 261 Å². The van der Waals surface area contributed by atoms with Crippen molar-refractivity contribution in [3.05, 3.63) is 93.9 Å². The summed E-state index contributed by atoms with van der Waals surface area (Å²) in [5, 5.41) is 7.24. The second kappa shape index (κ2) is 13.5. The van der Waals surface area contributed by atoms with Crippen molar-refractivity contribution in [1.82, 2.24) is 20.2 Å². The second-order valence-electron chi connectivity index (χ2n) is 10.6. The number of likely N-dealkylation sites (tertiary alicyclic amines) is 1. The largest absolute Gasteiger partial charge is 0.496 e. The molecule has 0 saturated carbocycles. The number of rotatable bonds is 8. The second-order valence-corrected chi connectivity index (χ2v) is 11.3. The molecule has 3 heterocycles. The molecule has 1 saturated heterocycles. The standard InChI is InChI=1S/C33H33Cl2N5O3/c1-20-7-10-28(38-18-20)33(42)39-27-6-4-5-25(30(27)34)26-11-14-36-32(31(26)35)22-8-9-23(29(17-22)43-3)19-37-24-12-15-40(16-13-24)21(2)41/h4-11,14,17-18,24,37H,12-13,15-16,19H2,1-3H3,(H,39,42). The average Bonchev–Trinajstić information content (AvgIpc) is 3.02. The van der Waals surface area contributed by atoms with Crippen molar-refractivity contribution in [2.45, 2.75) is 39.3 Å². The van der Waals surface area contributed by atoms with Crippen molar-refractivity contribution in [2.24, 2.45) is 0 Å². The number of methoxy groups -OCH3 is 1. The number of halogens is 2. The molecule has 1 aliphatic rings. The summed E-state index contributed by atoms with van der Waals surface area (Å²) in [6.45, 7) is 5.71. The smallest absolute Gasteiger partial charge is 0.274 e. The molecule has 8 nitrogen and oxygen atoms in total. The van der Waals surface area contributed by atoms with E-state index in [-0.39, 0.29) is 11.8 Å². The maximum atomic E-state index is 12.8. The van der Waals surface area contributed by atoms with Gasteiger partial charge in [0.2, 0.25) is 5.91 Å². The number of aryl methyl sites for hydroxylation is 1. The molecule has 4 aromatic rings. The minimum Gasteiger partial charge on any atom is -0.496 e. The van der Waals surface area contributed by atoms with Crippen LogP contribution in [0.3, 0.4) is 0 Å². The van der Waals surface area contributed by atoms with Gasteiger partial charge in [0.15, 0.2) is 0 Å². The Morgan fingerprint density at radius 3 is 2.47 bits per heavy atom. The summed E-state index contributed by atoms with van der Waals surface area (Å²) in [6.07, 6.45) is 5.17. The summed E-state index contributed by atoms with van der Waals surface area (Å²) >= 11 is 13.8. The molecule has 43 heavy (non-hydrogen) atoms. The number of ether oxygens (including phenoxy) is 1. The molecule has 0 spiro atoms. The fourth-order valence-corrected chi connectivity index (χ4v) is 5.77. The first-order valence-corrected chi connectivity index (χ1v) is 14.8. The normalized spacial score (nSPS) is 13.6. The van der Waals surface area contributed by atoms with Crippen molar-refractivity contribution in [3.63, 3.8) is 0 Å². The van der Waals surface area contributed by atoms with Crippen molar-refractivity contribution < 1.29 is 14.3 Å². The number of carbonyl (C=O) groups is 2. The zero-order valence-electron chi connectivity index (χ0n) is 24.3. The van der Waals surface area contributed by atoms with Gasteiger partial charge in [0.05, 0.1) is 28.5 Å². The van der Waals surface area contributed by atoms with Crippen LogP contribution in [0.5, 0.6) is 5.75 Å². The van der Waals surface area contributed by atoms with Crippen LogP contribution in [0.25, 0.3) is 22.4 Å². The van der Waals surface area contributed by atoms with Crippen LogP contribution < -0.4 is 15.4 Å². The van der Waals surface area contributed by atoms with Gasteiger partial charge in [0.25, 0.3) is 5.91 Å². The molecule has 1 aliphatic heterocycles. The topological polar surface area (TPSA) is 96.4 Å². The lowest BCUT2D eigenvalue weighted by atomic mass is 10.0. The van der Waals surface area contributed by atoms with Crippen LogP contribution in [0.15, 0.2) is 67.0 Å². The number of piperidine rings is 1. The van der Waals surface area contributed by atoms with Gasteiger partial charge >= 0.3 is 0 Å². The van der Waals surface area contributed by atoms with E-state index in [9.17, 15) is 9.59 Å². The SMILES string of the molecule is COc1cc(-c2nccc(-c3cccc(NC(=O)c4ccc(C)cn4)c3Cl)c2Cl)ccc1CNC1CCN(C(C)=O)CC1. The number of aromatic nitrogens is 2. The lowest BCUT2D eigenvalue weighted by Gasteiger charge is -2.32. The summed E-state index contributed by atoms with van der Waals surface area (Å²) in [4.78, 5) is 35.1. The highest BCUT2D eigenvalue weighted by molar-refractivity contribution is 6.39. The number of benzene rings is 2. The van der Waals surface area contributed by atoms with Crippen molar-refractivity contribution in [3.8, 4) is 28.1 Å². The lowest BCUT2D eigenvalue weighted by Crippen LogP contribution is -2.43. The van der Waals surface area contributed by atoms with E-state index in [1.54, 1.807) is 44.6 Å². The van der Waals surface area contributed by atoms with E-state index in [1.807, 2.05) is 48.2 Å². The van der Waals surface area contributed by atoms with Crippen LogP contribution in [0.2, 0.25) is 10.0 Å². The Morgan fingerprint density at radius 2 is 1.77 bits per heavy atom.